The van der Waals surface area contributed by atoms with E-state index in [1.165, 1.54) is 18.2 Å². The lowest BCUT2D eigenvalue weighted by atomic mass is 9.79. The SMILES string of the molecule is CC(O)C(C)(CN)Cc1cc(F)ccc1Cl. The molecule has 0 saturated carbocycles. The van der Waals surface area contributed by atoms with Crippen LogP contribution in [0.15, 0.2) is 18.2 Å². The quantitative estimate of drug-likeness (QED) is 0.856. The van der Waals surface area contributed by atoms with Gasteiger partial charge in [0.05, 0.1) is 6.10 Å². The van der Waals surface area contributed by atoms with Crippen LogP contribution < -0.4 is 5.73 Å². The highest BCUT2D eigenvalue weighted by Gasteiger charge is 2.29. The van der Waals surface area contributed by atoms with Crippen molar-refractivity contribution >= 4 is 11.6 Å². The summed E-state index contributed by atoms with van der Waals surface area (Å²) in [5.74, 6) is -0.329. The van der Waals surface area contributed by atoms with Crippen molar-refractivity contribution in [3.8, 4) is 0 Å². The van der Waals surface area contributed by atoms with Crippen LogP contribution >= 0.6 is 11.6 Å². The summed E-state index contributed by atoms with van der Waals surface area (Å²) in [4.78, 5) is 0. The van der Waals surface area contributed by atoms with Crippen molar-refractivity contribution in [2.45, 2.75) is 26.4 Å². The van der Waals surface area contributed by atoms with Crippen molar-refractivity contribution in [3.05, 3.63) is 34.6 Å². The van der Waals surface area contributed by atoms with E-state index in [1.54, 1.807) is 6.92 Å². The average molecular weight is 246 g/mol. The predicted molar refractivity (Wildman–Crippen MR) is 64.0 cm³/mol. The van der Waals surface area contributed by atoms with Crippen LogP contribution in [0.2, 0.25) is 5.02 Å². The topological polar surface area (TPSA) is 46.2 Å². The van der Waals surface area contributed by atoms with Crippen molar-refractivity contribution in [1.82, 2.24) is 0 Å². The Labute approximate surface area is 100 Å². The molecule has 4 heteroatoms. The maximum Gasteiger partial charge on any atom is 0.123 e. The zero-order valence-electron chi connectivity index (χ0n) is 9.50. The molecule has 90 valence electrons. The maximum absolute atomic E-state index is 13.1. The molecule has 0 aliphatic rings. The predicted octanol–water partition coefficient (Wildman–Crippen LogP) is 2.37. The molecule has 2 unspecified atom stereocenters. The van der Waals surface area contributed by atoms with Gasteiger partial charge in [0.2, 0.25) is 0 Å². The molecule has 0 heterocycles. The highest BCUT2D eigenvalue weighted by molar-refractivity contribution is 6.31. The smallest absolute Gasteiger partial charge is 0.123 e. The zero-order valence-corrected chi connectivity index (χ0v) is 10.3. The largest absolute Gasteiger partial charge is 0.393 e. The number of rotatable bonds is 4. The first-order valence-electron chi connectivity index (χ1n) is 5.21. The van der Waals surface area contributed by atoms with Crippen LogP contribution in [0.5, 0.6) is 0 Å². The fourth-order valence-corrected chi connectivity index (χ4v) is 1.69. The van der Waals surface area contributed by atoms with Crippen LogP contribution in [0.1, 0.15) is 19.4 Å². The lowest BCUT2D eigenvalue weighted by Crippen LogP contribution is -2.39. The van der Waals surface area contributed by atoms with Crippen molar-refractivity contribution in [1.29, 1.82) is 0 Å². The Balaban J connectivity index is 2.98. The van der Waals surface area contributed by atoms with Gasteiger partial charge in [-0.3, -0.25) is 0 Å². The minimum atomic E-state index is -0.572. The van der Waals surface area contributed by atoms with Crippen molar-refractivity contribution in [3.63, 3.8) is 0 Å². The fourth-order valence-electron chi connectivity index (χ4n) is 1.50. The van der Waals surface area contributed by atoms with Crippen molar-refractivity contribution in [2.75, 3.05) is 6.54 Å². The molecular weight excluding hydrogens is 229 g/mol. The number of hydrogen-bond acceptors (Lipinski definition) is 2. The van der Waals surface area contributed by atoms with Crippen LogP contribution in [0.3, 0.4) is 0 Å². The first-order chi connectivity index (χ1) is 7.39. The standard InChI is InChI=1S/C12H17ClFNO/c1-8(16)12(2,7-15)6-9-5-10(14)3-4-11(9)13/h3-5,8,16H,6-7,15H2,1-2H3. The third kappa shape index (κ3) is 2.94. The monoisotopic (exact) mass is 245 g/mol. The number of hydrogen-bond donors (Lipinski definition) is 2. The number of aliphatic hydroxyl groups is 1. The molecule has 2 atom stereocenters. The first-order valence-corrected chi connectivity index (χ1v) is 5.59. The van der Waals surface area contributed by atoms with Gasteiger partial charge in [0.1, 0.15) is 5.82 Å². The lowest BCUT2D eigenvalue weighted by molar-refractivity contribution is 0.0588. The number of aliphatic hydroxyl groups excluding tert-OH is 1. The van der Waals surface area contributed by atoms with Gasteiger partial charge in [-0.2, -0.15) is 0 Å². The van der Waals surface area contributed by atoms with E-state index in [2.05, 4.69) is 0 Å². The molecule has 0 aromatic heterocycles. The highest BCUT2D eigenvalue weighted by Crippen LogP contribution is 2.29. The summed E-state index contributed by atoms with van der Waals surface area (Å²) in [6, 6.07) is 4.22. The summed E-state index contributed by atoms with van der Waals surface area (Å²) in [6.07, 6.45) is -0.116. The van der Waals surface area contributed by atoms with Gasteiger partial charge in [-0.1, -0.05) is 18.5 Å². The molecule has 0 fully saturated rings. The molecule has 0 bridgehead atoms. The summed E-state index contributed by atoms with van der Waals surface area (Å²) >= 11 is 5.97. The van der Waals surface area contributed by atoms with Crippen LogP contribution in [0.25, 0.3) is 0 Å². The Hall–Kier alpha value is -0.640. The van der Waals surface area contributed by atoms with Gasteiger partial charge >= 0.3 is 0 Å². The van der Waals surface area contributed by atoms with E-state index in [1.807, 2.05) is 6.92 Å². The summed E-state index contributed by atoms with van der Waals surface area (Å²) < 4.78 is 13.1. The van der Waals surface area contributed by atoms with Crippen LogP contribution in [-0.2, 0) is 6.42 Å². The molecule has 1 aromatic carbocycles. The number of nitrogens with two attached hydrogens (primary N) is 1. The zero-order chi connectivity index (χ0) is 12.3. The van der Waals surface area contributed by atoms with Crippen LogP contribution in [0, 0.1) is 11.2 Å². The molecule has 0 spiro atoms. The van der Waals surface area contributed by atoms with Gasteiger partial charge in [-0.05, 0) is 37.1 Å². The third-order valence-electron chi connectivity index (χ3n) is 3.08. The summed E-state index contributed by atoms with van der Waals surface area (Å²) in [7, 11) is 0. The third-order valence-corrected chi connectivity index (χ3v) is 3.45. The Morgan fingerprint density at radius 3 is 2.69 bits per heavy atom. The van der Waals surface area contributed by atoms with E-state index in [0.29, 0.717) is 23.6 Å². The van der Waals surface area contributed by atoms with E-state index in [-0.39, 0.29) is 5.82 Å². The second-order valence-corrected chi connectivity index (χ2v) is 4.85. The molecule has 0 aliphatic heterocycles. The van der Waals surface area contributed by atoms with Crippen molar-refractivity contribution in [2.24, 2.45) is 11.1 Å². The van der Waals surface area contributed by atoms with E-state index in [0.717, 1.165) is 0 Å². The fraction of sp³-hybridized carbons (Fsp3) is 0.500. The van der Waals surface area contributed by atoms with Gasteiger partial charge in [0.25, 0.3) is 0 Å². The summed E-state index contributed by atoms with van der Waals surface area (Å²) in [5, 5.41) is 10.2. The van der Waals surface area contributed by atoms with Gasteiger partial charge in [0, 0.05) is 17.0 Å². The minimum absolute atomic E-state index is 0.317. The number of benzene rings is 1. The Kier molecular flexibility index (Phi) is 4.30. The normalized spacial score (nSPS) is 16.9. The Bertz CT molecular complexity index is 370. The molecule has 0 radical (unpaired) electrons. The van der Waals surface area contributed by atoms with E-state index in [4.69, 9.17) is 17.3 Å². The van der Waals surface area contributed by atoms with Crippen LogP contribution in [0.4, 0.5) is 4.39 Å². The summed E-state index contributed by atoms with van der Waals surface area (Å²) in [5.41, 5.74) is 5.83. The maximum atomic E-state index is 13.1. The average Bonchev–Trinajstić information content (AvgIpc) is 2.23. The van der Waals surface area contributed by atoms with Crippen LogP contribution in [-0.4, -0.2) is 17.8 Å². The number of halogens is 2. The van der Waals surface area contributed by atoms with E-state index >= 15 is 0 Å². The molecule has 3 N–H and O–H groups in total. The van der Waals surface area contributed by atoms with Gasteiger partial charge in [-0.15, -0.1) is 0 Å². The van der Waals surface area contributed by atoms with E-state index in [9.17, 15) is 9.50 Å². The molecular formula is C12H17ClFNO. The second-order valence-electron chi connectivity index (χ2n) is 4.45. The molecule has 2 nitrogen and oxygen atoms in total. The summed E-state index contributed by atoms with van der Waals surface area (Å²) in [6.45, 7) is 3.86. The van der Waals surface area contributed by atoms with Gasteiger partial charge in [0.15, 0.2) is 0 Å². The van der Waals surface area contributed by atoms with Gasteiger partial charge < -0.3 is 10.8 Å². The van der Waals surface area contributed by atoms with Gasteiger partial charge in [-0.25, -0.2) is 4.39 Å². The molecule has 16 heavy (non-hydrogen) atoms. The highest BCUT2D eigenvalue weighted by atomic mass is 35.5. The van der Waals surface area contributed by atoms with E-state index < -0.39 is 11.5 Å². The van der Waals surface area contributed by atoms with Crippen molar-refractivity contribution < 1.29 is 9.50 Å². The lowest BCUT2D eigenvalue weighted by Gasteiger charge is -2.31. The minimum Gasteiger partial charge on any atom is -0.393 e. The Morgan fingerprint density at radius 1 is 1.56 bits per heavy atom. The second kappa shape index (κ2) is 5.13. The molecule has 0 amide bonds. The molecule has 1 rings (SSSR count). The molecule has 0 saturated heterocycles. The first kappa shape index (κ1) is 13.4. The Morgan fingerprint density at radius 2 is 2.19 bits per heavy atom. The molecule has 0 aliphatic carbocycles. The molecule has 1 aromatic rings.